The molecule has 0 aliphatic heterocycles. The summed E-state index contributed by atoms with van der Waals surface area (Å²) >= 11 is 3.44. The molecule has 3 rings (SSSR count). The van der Waals surface area contributed by atoms with Gasteiger partial charge in [-0.15, -0.1) is 0 Å². The lowest BCUT2D eigenvalue weighted by atomic mass is 10.2. The highest BCUT2D eigenvalue weighted by atomic mass is 79.9. The summed E-state index contributed by atoms with van der Waals surface area (Å²) in [6, 6.07) is 7.21. The second-order valence-electron chi connectivity index (χ2n) is 4.75. The Kier molecular flexibility index (Phi) is 3.84. The fraction of sp³-hybridized carbons (Fsp3) is 0.214. The Morgan fingerprint density at radius 3 is 2.95 bits per heavy atom. The van der Waals surface area contributed by atoms with Gasteiger partial charge in [0.15, 0.2) is 0 Å². The number of hydrogen-bond donors (Lipinski definition) is 2. The Balaban J connectivity index is 1.87. The Hall–Kier alpha value is -2.35. The van der Waals surface area contributed by atoms with Gasteiger partial charge >= 0.3 is 0 Å². The van der Waals surface area contributed by atoms with Crippen LogP contribution in [-0.4, -0.2) is 26.7 Å². The molecule has 0 spiro atoms. The smallest absolute Gasteiger partial charge is 0.274 e. The van der Waals surface area contributed by atoms with E-state index in [2.05, 4.69) is 36.3 Å². The van der Waals surface area contributed by atoms with Crippen LogP contribution in [0.3, 0.4) is 0 Å². The first-order chi connectivity index (χ1) is 10.6. The lowest BCUT2D eigenvalue weighted by molar-refractivity contribution is 0.410. The standard InChI is InChI=1S/C14H14BrN5O2/c1-8-5-12(21)20-14(17-8)18-13(19-20)16-7-9-6-10(15)3-4-11(9)22-2/h3-6H,7H2,1-2H3,(H2,16,17,18,19). The van der Waals surface area contributed by atoms with Crippen molar-refractivity contribution in [3.8, 4) is 5.75 Å². The van der Waals surface area contributed by atoms with Crippen molar-refractivity contribution in [3.63, 3.8) is 0 Å². The monoisotopic (exact) mass is 363 g/mol. The highest BCUT2D eigenvalue weighted by Crippen LogP contribution is 2.23. The van der Waals surface area contributed by atoms with Gasteiger partial charge in [-0.2, -0.15) is 9.50 Å². The van der Waals surface area contributed by atoms with Crippen molar-refractivity contribution in [1.82, 2.24) is 19.6 Å². The number of anilines is 1. The first-order valence-electron chi connectivity index (χ1n) is 6.59. The normalized spacial score (nSPS) is 10.9. The number of methoxy groups -OCH3 is 1. The molecule has 0 aliphatic carbocycles. The van der Waals surface area contributed by atoms with Gasteiger partial charge in [0.05, 0.1) is 7.11 Å². The number of H-pyrrole nitrogens is 1. The Bertz CT molecular complexity index is 887. The molecular weight excluding hydrogens is 350 g/mol. The van der Waals surface area contributed by atoms with Gasteiger partial charge in [0.2, 0.25) is 5.95 Å². The van der Waals surface area contributed by atoms with Crippen LogP contribution in [0.1, 0.15) is 11.3 Å². The summed E-state index contributed by atoms with van der Waals surface area (Å²) in [6.45, 7) is 2.26. The molecule has 22 heavy (non-hydrogen) atoms. The molecular formula is C14H14BrN5O2. The first-order valence-corrected chi connectivity index (χ1v) is 7.39. The van der Waals surface area contributed by atoms with E-state index in [4.69, 9.17) is 4.74 Å². The molecule has 0 saturated heterocycles. The molecule has 7 nitrogen and oxygen atoms in total. The molecule has 2 N–H and O–H groups in total. The summed E-state index contributed by atoms with van der Waals surface area (Å²) in [5.74, 6) is 1.59. The largest absolute Gasteiger partial charge is 0.496 e. The minimum atomic E-state index is -0.192. The maximum Gasteiger partial charge on any atom is 0.274 e. The summed E-state index contributed by atoms with van der Waals surface area (Å²) in [4.78, 5) is 20.3. The molecule has 0 radical (unpaired) electrons. The number of aromatic nitrogens is 4. The van der Waals surface area contributed by atoms with Gasteiger partial charge in [0.1, 0.15) is 5.75 Å². The third-order valence-corrected chi connectivity index (χ3v) is 3.64. The van der Waals surface area contributed by atoms with E-state index in [-0.39, 0.29) is 5.56 Å². The topological polar surface area (TPSA) is 84.3 Å². The lowest BCUT2D eigenvalue weighted by Gasteiger charge is -2.09. The number of ether oxygens (including phenoxy) is 1. The van der Waals surface area contributed by atoms with E-state index in [1.165, 1.54) is 10.6 Å². The molecule has 8 heteroatoms. The maximum atomic E-state index is 11.8. The Morgan fingerprint density at radius 2 is 2.18 bits per heavy atom. The number of rotatable bonds is 4. The summed E-state index contributed by atoms with van der Waals surface area (Å²) in [5.41, 5.74) is 1.41. The van der Waals surface area contributed by atoms with Crippen LogP contribution in [0.2, 0.25) is 0 Å². The zero-order valence-electron chi connectivity index (χ0n) is 12.1. The number of aromatic amines is 1. The van der Waals surface area contributed by atoms with E-state index in [1.807, 2.05) is 18.2 Å². The van der Waals surface area contributed by atoms with Crippen molar-refractivity contribution in [2.45, 2.75) is 13.5 Å². The number of benzene rings is 1. The summed E-state index contributed by atoms with van der Waals surface area (Å²) < 4.78 is 7.58. The molecule has 0 atom stereocenters. The maximum absolute atomic E-state index is 11.8. The van der Waals surface area contributed by atoms with Gasteiger partial charge in [-0.3, -0.25) is 9.89 Å². The molecule has 0 unspecified atom stereocenters. The third-order valence-electron chi connectivity index (χ3n) is 3.15. The van der Waals surface area contributed by atoms with E-state index in [0.717, 1.165) is 15.8 Å². The molecule has 0 aliphatic rings. The molecule has 1 aromatic carbocycles. The third kappa shape index (κ3) is 2.82. The van der Waals surface area contributed by atoms with Crippen LogP contribution in [0.15, 0.2) is 33.5 Å². The van der Waals surface area contributed by atoms with Gasteiger partial charge in [-0.05, 0) is 25.1 Å². The van der Waals surface area contributed by atoms with Crippen molar-refractivity contribution >= 4 is 27.7 Å². The second-order valence-corrected chi connectivity index (χ2v) is 5.67. The SMILES string of the molecule is COc1ccc(Br)cc1CNc1nc2nc(C)cc(=O)n2[nH]1. The van der Waals surface area contributed by atoms with Gasteiger partial charge in [0.25, 0.3) is 11.3 Å². The molecule has 0 bridgehead atoms. The van der Waals surface area contributed by atoms with E-state index < -0.39 is 0 Å². The van der Waals surface area contributed by atoms with Crippen LogP contribution >= 0.6 is 15.9 Å². The molecule has 0 fully saturated rings. The summed E-state index contributed by atoms with van der Waals surface area (Å²) in [6.07, 6.45) is 0. The van der Waals surface area contributed by atoms with Crippen LogP contribution in [-0.2, 0) is 6.54 Å². The Morgan fingerprint density at radius 1 is 1.36 bits per heavy atom. The van der Waals surface area contributed by atoms with E-state index in [0.29, 0.717) is 24.0 Å². The number of nitrogens with one attached hydrogen (secondary N) is 2. The molecule has 2 heterocycles. The van der Waals surface area contributed by atoms with Crippen LogP contribution in [0.5, 0.6) is 5.75 Å². The molecule has 2 aromatic heterocycles. The fourth-order valence-electron chi connectivity index (χ4n) is 2.14. The van der Waals surface area contributed by atoms with Crippen LogP contribution in [0.4, 0.5) is 5.95 Å². The van der Waals surface area contributed by atoms with Crippen molar-refractivity contribution < 1.29 is 4.74 Å². The number of aryl methyl sites for hydroxylation is 1. The number of nitrogens with zero attached hydrogens (tertiary/aromatic N) is 3. The van der Waals surface area contributed by atoms with Crippen molar-refractivity contribution in [3.05, 3.63) is 50.3 Å². The molecule has 0 amide bonds. The minimum absolute atomic E-state index is 0.192. The highest BCUT2D eigenvalue weighted by Gasteiger charge is 2.08. The fourth-order valence-corrected chi connectivity index (χ4v) is 2.54. The number of fused-ring (bicyclic) bond motifs is 1. The minimum Gasteiger partial charge on any atom is -0.496 e. The van der Waals surface area contributed by atoms with Crippen LogP contribution in [0, 0.1) is 6.92 Å². The quantitative estimate of drug-likeness (QED) is 0.741. The zero-order chi connectivity index (χ0) is 15.7. The van der Waals surface area contributed by atoms with Gasteiger partial charge in [-0.1, -0.05) is 15.9 Å². The van der Waals surface area contributed by atoms with Crippen molar-refractivity contribution in [2.75, 3.05) is 12.4 Å². The highest BCUT2D eigenvalue weighted by molar-refractivity contribution is 9.10. The molecule has 114 valence electrons. The van der Waals surface area contributed by atoms with E-state index >= 15 is 0 Å². The predicted molar refractivity (Wildman–Crippen MR) is 86.4 cm³/mol. The summed E-state index contributed by atoms with van der Waals surface area (Å²) in [7, 11) is 1.63. The van der Waals surface area contributed by atoms with Gasteiger partial charge < -0.3 is 10.1 Å². The van der Waals surface area contributed by atoms with E-state index in [1.54, 1.807) is 14.0 Å². The second kappa shape index (κ2) is 5.80. The molecule has 3 aromatic rings. The van der Waals surface area contributed by atoms with Gasteiger partial charge in [-0.25, -0.2) is 4.98 Å². The van der Waals surface area contributed by atoms with Crippen LogP contribution in [0.25, 0.3) is 5.78 Å². The van der Waals surface area contributed by atoms with Gasteiger partial charge in [0, 0.05) is 28.3 Å². The first kappa shape index (κ1) is 14.6. The van der Waals surface area contributed by atoms with Crippen molar-refractivity contribution in [1.29, 1.82) is 0 Å². The predicted octanol–water partition coefficient (Wildman–Crippen LogP) is 2.11. The zero-order valence-corrected chi connectivity index (χ0v) is 13.6. The van der Waals surface area contributed by atoms with Crippen LogP contribution < -0.4 is 15.6 Å². The summed E-state index contributed by atoms with van der Waals surface area (Å²) in [5, 5.41) is 6.01. The average molecular weight is 364 g/mol. The van der Waals surface area contributed by atoms with Crippen molar-refractivity contribution in [2.24, 2.45) is 0 Å². The molecule has 0 saturated carbocycles. The number of halogens is 1. The average Bonchev–Trinajstić information content (AvgIpc) is 2.88. The lowest BCUT2D eigenvalue weighted by Crippen LogP contribution is -2.14. The number of hydrogen-bond acceptors (Lipinski definition) is 5. The van der Waals surface area contributed by atoms with E-state index in [9.17, 15) is 4.79 Å². The Labute approximate surface area is 134 Å².